The number of hydrogen-bond donors (Lipinski definition) is 0. The van der Waals surface area contributed by atoms with Crippen molar-refractivity contribution in [1.29, 1.82) is 0 Å². The molecule has 3 rings (SSSR count). The van der Waals surface area contributed by atoms with Gasteiger partial charge in [-0.05, 0) is 0 Å². The zero-order chi connectivity index (χ0) is 15.7. The Hall–Kier alpha value is -1.16. The minimum atomic E-state index is -0.494. The van der Waals surface area contributed by atoms with E-state index < -0.39 is 21.2 Å². The van der Waals surface area contributed by atoms with Crippen LogP contribution in [0.5, 0.6) is 0 Å². The maximum absolute atomic E-state index is 10.9. The molecule has 1 aromatic carbocycles. The number of carbonyl (C=O) groups excluding carboxylic acids is 1. The van der Waals surface area contributed by atoms with Crippen molar-refractivity contribution < 1.29 is 26.0 Å². The standard InChI is InChI=1S/C20H22IO/c1-13-6-4-9-18(15(13)3)20(19-10-14(19)2)16-7-5-8-17(11-16)21-12-22/h5,7-12,14,20H,4,6H2,1-3H3/q-1. The molecule has 1 nitrogen and oxygen atoms in total. The van der Waals surface area contributed by atoms with Crippen LogP contribution >= 0.6 is 0 Å². The molecule has 2 atom stereocenters. The van der Waals surface area contributed by atoms with Crippen molar-refractivity contribution in [3.05, 3.63) is 67.8 Å². The molecule has 0 aliphatic heterocycles. The molecule has 0 saturated heterocycles. The van der Waals surface area contributed by atoms with Gasteiger partial charge in [-0.15, -0.1) is 0 Å². The summed E-state index contributed by atoms with van der Waals surface area (Å²) in [6, 6.07) is 8.70. The Balaban J connectivity index is 2.01. The van der Waals surface area contributed by atoms with Crippen molar-refractivity contribution in [2.45, 2.75) is 39.5 Å². The number of carbonyl (C=O) groups is 1. The molecule has 0 heterocycles. The van der Waals surface area contributed by atoms with Crippen LogP contribution in [0.3, 0.4) is 0 Å². The normalized spacial score (nSPS) is 22.2. The number of benzene rings is 1. The van der Waals surface area contributed by atoms with Gasteiger partial charge in [0.1, 0.15) is 0 Å². The first-order valence-electron chi connectivity index (χ1n) is 7.87. The Morgan fingerprint density at radius 2 is 2.09 bits per heavy atom. The third-order valence-electron chi connectivity index (χ3n) is 4.81. The van der Waals surface area contributed by atoms with E-state index in [0.29, 0.717) is 11.8 Å². The van der Waals surface area contributed by atoms with Gasteiger partial charge in [0.25, 0.3) is 0 Å². The Labute approximate surface area is 143 Å². The van der Waals surface area contributed by atoms with Gasteiger partial charge in [0.2, 0.25) is 0 Å². The van der Waals surface area contributed by atoms with E-state index in [-0.39, 0.29) is 0 Å². The number of hydrogen-bond acceptors (Lipinski definition) is 1. The average molecular weight is 405 g/mol. The number of rotatable bonds is 5. The molecule has 0 spiro atoms. The van der Waals surface area contributed by atoms with Crippen LogP contribution in [0.1, 0.15) is 45.1 Å². The fourth-order valence-corrected chi connectivity index (χ4v) is 4.57. The SMILES string of the molecule is CC1=C(C)C(C(C2=CC2C)c2cccc([I-]C=O)c2)=CCC1. The van der Waals surface area contributed by atoms with Gasteiger partial charge in [0, 0.05) is 0 Å². The van der Waals surface area contributed by atoms with E-state index >= 15 is 0 Å². The van der Waals surface area contributed by atoms with Crippen LogP contribution in [0.2, 0.25) is 0 Å². The van der Waals surface area contributed by atoms with Crippen molar-refractivity contribution in [2.24, 2.45) is 5.92 Å². The molecular formula is C20H22IO-. The van der Waals surface area contributed by atoms with Gasteiger partial charge in [-0.2, -0.15) is 0 Å². The van der Waals surface area contributed by atoms with Crippen LogP contribution < -0.4 is 21.2 Å². The van der Waals surface area contributed by atoms with Crippen LogP contribution in [0.4, 0.5) is 0 Å². The van der Waals surface area contributed by atoms with Crippen molar-refractivity contribution in [3.63, 3.8) is 0 Å². The molecule has 0 amide bonds. The molecular weight excluding hydrogens is 383 g/mol. The molecule has 0 saturated carbocycles. The van der Waals surface area contributed by atoms with Gasteiger partial charge in [-0.25, -0.2) is 0 Å². The first kappa shape index (κ1) is 15.7. The summed E-state index contributed by atoms with van der Waals surface area (Å²) in [5, 5.41) is 0. The Bertz CT molecular complexity index is 693. The topological polar surface area (TPSA) is 17.1 Å². The van der Waals surface area contributed by atoms with Gasteiger partial charge in [0.15, 0.2) is 0 Å². The van der Waals surface area contributed by atoms with E-state index in [0.717, 1.165) is 10.7 Å². The second kappa shape index (κ2) is 6.53. The van der Waals surface area contributed by atoms with Crippen LogP contribution in [0.15, 0.2) is 58.7 Å². The van der Waals surface area contributed by atoms with E-state index in [4.69, 9.17) is 0 Å². The third kappa shape index (κ3) is 3.12. The molecule has 1 aromatic rings. The number of allylic oxidation sites excluding steroid dienone is 6. The van der Waals surface area contributed by atoms with Crippen molar-refractivity contribution in [2.75, 3.05) is 0 Å². The quantitative estimate of drug-likeness (QED) is 0.316. The Morgan fingerprint density at radius 1 is 1.32 bits per heavy atom. The second-order valence-corrected chi connectivity index (χ2v) is 8.62. The minimum absolute atomic E-state index is 0.390. The molecule has 0 aromatic heterocycles. The molecule has 0 fully saturated rings. The third-order valence-corrected chi connectivity index (χ3v) is 6.46. The van der Waals surface area contributed by atoms with Gasteiger partial charge in [-0.3, -0.25) is 0 Å². The maximum atomic E-state index is 10.9. The van der Waals surface area contributed by atoms with Crippen molar-refractivity contribution in [3.8, 4) is 0 Å². The molecule has 116 valence electrons. The fraction of sp³-hybridized carbons (Fsp3) is 0.350. The van der Waals surface area contributed by atoms with Crippen LogP contribution in [-0.4, -0.2) is 4.29 Å². The molecule has 0 N–H and O–H groups in total. The van der Waals surface area contributed by atoms with E-state index in [1.807, 2.05) is 0 Å². The van der Waals surface area contributed by atoms with E-state index in [9.17, 15) is 4.79 Å². The summed E-state index contributed by atoms with van der Waals surface area (Å²) in [6.07, 6.45) is 7.15. The summed E-state index contributed by atoms with van der Waals surface area (Å²) in [6.45, 7) is 6.81. The molecule has 2 aliphatic carbocycles. The molecule has 2 heteroatoms. The first-order chi connectivity index (χ1) is 10.6. The van der Waals surface area contributed by atoms with E-state index in [1.165, 1.54) is 32.3 Å². The summed E-state index contributed by atoms with van der Waals surface area (Å²) in [5.74, 6) is 1.01. The van der Waals surface area contributed by atoms with Gasteiger partial charge in [-0.1, -0.05) is 0 Å². The van der Waals surface area contributed by atoms with Gasteiger partial charge >= 0.3 is 144 Å². The predicted octanol–water partition coefficient (Wildman–Crippen LogP) is 1.85. The average Bonchev–Trinajstić information content (AvgIpc) is 3.21. The van der Waals surface area contributed by atoms with Gasteiger partial charge in [0.05, 0.1) is 0 Å². The fourth-order valence-electron chi connectivity index (χ4n) is 3.32. The predicted molar refractivity (Wildman–Crippen MR) is 87.6 cm³/mol. The monoisotopic (exact) mass is 405 g/mol. The van der Waals surface area contributed by atoms with E-state index in [2.05, 4.69) is 57.2 Å². The molecule has 22 heavy (non-hydrogen) atoms. The second-order valence-electron chi connectivity index (χ2n) is 6.25. The number of halogens is 1. The summed E-state index contributed by atoms with van der Waals surface area (Å²) in [7, 11) is 0. The zero-order valence-electron chi connectivity index (χ0n) is 13.4. The Morgan fingerprint density at radius 3 is 2.77 bits per heavy atom. The summed E-state index contributed by atoms with van der Waals surface area (Å²) in [5.41, 5.74) is 7.37. The molecule has 2 unspecified atom stereocenters. The van der Waals surface area contributed by atoms with Crippen molar-refractivity contribution in [1.82, 2.24) is 0 Å². The van der Waals surface area contributed by atoms with Crippen LogP contribution in [0, 0.1) is 9.49 Å². The molecule has 0 radical (unpaired) electrons. The molecule has 2 aliphatic rings. The Kier molecular flexibility index (Phi) is 4.67. The zero-order valence-corrected chi connectivity index (χ0v) is 15.6. The summed E-state index contributed by atoms with van der Waals surface area (Å²) < 4.78 is 2.32. The van der Waals surface area contributed by atoms with Crippen molar-refractivity contribution >= 4 is 4.29 Å². The van der Waals surface area contributed by atoms with E-state index in [1.54, 1.807) is 5.57 Å². The summed E-state index contributed by atoms with van der Waals surface area (Å²) >= 11 is -0.494. The first-order valence-corrected chi connectivity index (χ1v) is 10.2. The van der Waals surface area contributed by atoms with Gasteiger partial charge < -0.3 is 0 Å². The molecule has 0 bridgehead atoms. The van der Waals surface area contributed by atoms with Crippen LogP contribution in [-0.2, 0) is 4.79 Å². The summed E-state index contributed by atoms with van der Waals surface area (Å²) in [4.78, 5) is 10.9. The van der Waals surface area contributed by atoms with Crippen LogP contribution in [0.25, 0.3) is 0 Å².